The molecule has 0 saturated heterocycles. The third-order valence-corrected chi connectivity index (χ3v) is 3.69. The smallest absolute Gasteiger partial charge is 0.146 e. The van der Waals surface area contributed by atoms with E-state index in [2.05, 4.69) is 24.1 Å². The third kappa shape index (κ3) is 4.20. The molecule has 0 spiro atoms. The first kappa shape index (κ1) is 14.3. The molecular weight excluding hydrogens is 239 g/mol. The van der Waals surface area contributed by atoms with Crippen LogP contribution in [0.4, 0.5) is 10.1 Å². The summed E-state index contributed by atoms with van der Waals surface area (Å²) in [6, 6.07) is 6.32. The lowest BCUT2D eigenvalue weighted by atomic mass is 10.1. The average Bonchev–Trinajstić information content (AvgIpc) is 3.23. The Balaban J connectivity index is 1.99. The number of unbranched alkanes of at least 4 members (excludes halogenated alkanes) is 1. The van der Waals surface area contributed by atoms with Crippen LogP contribution >= 0.6 is 0 Å². The van der Waals surface area contributed by atoms with Crippen LogP contribution in [0.15, 0.2) is 18.2 Å². The summed E-state index contributed by atoms with van der Waals surface area (Å²) in [5.74, 6) is -0.0898. The van der Waals surface area contributed by atoms with Gasteiger partial charge in [-0.1, -0.05) is 19.4 Å². The summed E-state index contributed by atoms with van der Waals surface area (Å²) >= 11 is 0. The molecular formula is C16H25FN2. The molecule has 0 radical (unpaired) electrons. The molecule has 3 heteroatoms. The molecule has 1 N–H and O–H groups in total. The zero-order valence-corrected chi connectivity index (χ0v) is 12.1. The van der Waals surface area contributed by atoms with Crippen LogP contribution in [-0.2, 0) is 6.54 Å². The first-order chi connectivity index (χ1) is 9.24. The van der Waals surface area contributed by atoms with Crippen molar-refractivity contribution in [2.24, 2.45) is 0 Å². The Labute approximate surface area is 116 Å². The molecule has 106 valence electrons. The predicted molar refractivity (Wildman–Crippen MR) is 79.1 cm³/mol. The van der Waals surface area contributed by atoms with E-state index in [1.165, 1.54) is 12.8 Å². The van der Waals surface area contributed by atoms with Crippen molar-refractivity contribution < 1.29 is 4.39 Å². The standard InChI is InChI=1S/C16H25FN2/c1-3-5-10-19(4-2)16-9-6-13(11-15(16)17)12-18-14-7-8-14/h6,9,11,14,18H,3-5,7-8,10,12H2,1-2H3. The number of nitrogens with zero attached hydrogens (tertiary/aromatic N) is 1. The van der Waals surface area contributed by atoms with Gasteiger partial charge in [-0.25, -0.2) is 4.39 Å². The summed E-state index contributed by atoms with van der Waals surface area (Å²) in [5, 5.41) is 3.42. The van der Waals surface area contributed by atoms with Gasteiger partial charge < -0.3 is 10.2 Å². The Hall–Kier alpha value is -1.09. The number of hydrogen-bond donors (Lipinski definition) is 1. The predicted octanol–water partition coefficient (Wildman–Crippen LogP) is 3.70. The van der Waals surface area contributed by atoms with Crippen molar-refractivity contribution in [1.29, 1.82) is 0 Å². The highest BCUT2D eigenvalue weighted by molar-refractivity contribution is 5.49. The van der Waals surface area contributed by atoms with E-state index >= 15 is 0 Å². The first-order valence-corrected chi connectivity index (χ1v) is 7.51. The van der Waals surface area contributed by atoms with Gasteiger partial charge in [0.1, 0.15) is 5.82 Å². The molecule has 19 heavy (non-hydrogen) atoms. The van der Waals surface area contributed by atoms with Crippen molar-refractivity contribution in [3.63, 3.8) is 0 Å². The van der Waals surface area contributed by atoms with Gasteiger partial charge in [0, 0.05) is 25.7 Å². The van der Waals surface area contributed by atoms with Crippen LogP contribution in [0, 0.1) is 5.82 Å². The number of anilines is 1. The lowest BCUT2D eigenvalue weighted by Gasteiger charge is -2.23. The fourth-order valence-corrected chi connectivity index (χ4v) is 2.26. The summed E-state index contributed by atoms with van der Waals surface area (Å²) < 4.78 is 14.2. The molecule has 1 aliphatic carbocycles. The van der Waals surface area contributed by atoms with Gasteiger partial charge in [0.25, 0.3) is 0 Å². The van der Waals surface area contributed by atoms with E-state index in [0.29, 0.717) is 6.04 Å². The summed E-state index contributed by atoms with van der Waals surface area (Å²) in [6.07, 6.45) is 4.78. The summed E-state index contributed by atoms with van der Waals surface area (Å²) in [6.45, 7) is 6.82. The molecule has 0 unspecified atom stereocenters. The minimum Gasteiger partial charge on any atom is -0.369 e. The largest absolute Gasteiger partial charge is 0.369 e. The van der Waals surface area contributed by atoms with Crippen LogP contribution in [0.25, 0.3) is 0 Å². The van der Waals surface area contributed by atoms with Crippen LogP contribution in [0.1, 0.15) is 45.1 Å². The maximum Gasteiger partial charge on any atom is 0.146 e. The summed E-state index contributed by atoms with van der Waals surface area (Å²) in [4.78, 5) is 2.12. The monoisotopic (exact) mass is 264 g/mol. The molecule has 0 bridgehead atoms. The number of hydrogen-bond acceptors (Lipinski definition) is 2. The van der Waals surface area contributed by atoms with Crippen molar-refractivity contribution in [1.82, 2.24) is 5.32 Å². The molecule has 2 nitrogen and oxygen atoms in total. The Bertz CT molecular complexity index is 402. The van der Waals surface area contributed by atoms with Crippen LogP contribution in [0.3, 0.4) is 0 Å². The SMILES string of the molecule is CCCCN(CC)c1ccc(CNC2CC2)cc1F. The molecule has 1 aliphatic rings. The molecule has 0 aliphatic heterocycles. The molecule has 1 fully saturated rings. The number of halogens is 1. The highest BCUT2D eigenvalue weighted by Crippen LogP contribution is 2.23. The molecule has 1 saturated carbocycles. The number of nitrogens with one attached hydrogen (secondary N) is 1. The van der Waals surface area contributed by atoms with E-state index in [1.54, 1.807) is 6.07 Å². The average molecular weight is 264 g/mol. The van der Waals surface area contributed by atoms with Crippen LogP contribution < -0.4 is 10.2 Å². The van der Waals surface area contributed by atoms with Crippen LogP contribution in [0.5, 0.6) is 0 Å². The molecule has 1 aromatic rings. The lowest BCUT2D eigenvalue weighted by Crippen LogP contribution is -2.25. The topological polar surface area (TPSA) is 15.3 Å². The number of rotatable bonds is 8. The van der Waals surface area contributed by atoms with E-state index in [-0.39, 0.29) is 5.82 Å². The molecule has 0 aromatic heterocycles. The maximum absolute atomic E-state index is 14.2. The fourth-order valence-electron chi connectivity index (χ4n) is 2.26. The molecule has 0 amide bonds. The van der Waals surface area contributed by atoms with Gasteiger partial charge >= 0.3 is 0 Å². The van der Waals surface area contributed by atoms with Crippen molar-refractivity contribution >= 4 is 5.69 Å². The van der Waals surface area contributed by atoms with Crippen molar-refractivity contribution in [2.75, 3.05) is 18.0 Å². The van der Waals surface area contributed by atoms with Gasteiger partial charge in [0.15, 0.2) is 0 Å². The minimum absolute atomic E-state index is 0.0898. The van der Waals surface area contributed by atoms with Gasteiger partial charge in [-0.2, -0.15) is 0 Å². The highest BCUT2D eigenvalue weighted by Gasteiger charge is 2.20. The lowest BCUT2D eigenvalue weighted by molar-refractivity contribution is 0.607. The van der Waals surface area contributed by atoms with Crippen LogP contribution in [0.2, 0.25) is 0 Å². The van der Waals surface area contributed by atoms with E-state index in [0.717, 1.165) is 43.7 Å². The second-order valence-electron chi connectivity index (χ2n) is 5.37. The van der Waals surface area contributed by atoms with Gasteiger partial charge in [-0.15, -0.1) is 0 Å². The fraction of sp³-hybridized carbons (Fsp3) is 0.625. The van der Waals surface area contributed by atoms with Gasteiger partial charge in [0.05, 0.1) is 5.69 Å². The summed E-state index contributed by atoms with van der Waals surface area (Å²) in [7, 11) is 0. The van der Waals surface area contributed by atoms with E-state index in [1.807, 2.05) is 12.1 Å². The Morgan fingerprint density at radius 2 is 2.11 bits per heavy atom. The zero-order chi connectivity index (χ0) is 13.7. The van der Waals surface area contributed by atoms with Gasteiger partial charge in [0.2, 0.25) is 0 Å². The first-order valence-electron chi connectivity index (χ1n) is 7.51. The van der Waals surface area contributed by atoms with Crippen molar-refractivity contribution in [3.8, 4) is 0 Å². The molecule has 0 atom stereocenters. The zero-order valence-electron chi connectivity index (χ0n) is 12.1. The minimum atomic E-state index is -0.0898. The van der Waals surface area contributed by atoms with Gasteiger partial charge in [-0.3, -0.25) is 0 Å². The molecule has 0 heterocycles. The van der Waals surface area contributed by atoms with E-state index in [4.69, 9.17) is 0 Å². The Kier molecular flexibility index (Phi) is 5.20. The highest BCUT2D eigenvalue weighted by atomic mass is 19.1. The maximum atomic E-state index is 14.2. The second kappa shape index (κ2) is 6.90. The quantitative estimate of drug-likeness (QED) is 0.770. The number of benzene rings is 1. The van der Waals surface area contributed by atoms with Crippen molar-refractivity contribution in [2.45, 2.75) is 52.1 Å². The second-order valence-corrected chi connectivity index (χ2v) is 5.37. The summed E-state index contributed by atoms with van der Waals surface area (Å²) in [5.41, 5.74) is 1.78. The molecule has 1 aromatic carbocycles. The van der Waals surface area contributed by atoms with E-state index in [9.17, 15) is 4.39 Å². The van der Waals surface area contributed by atoms with Crippen molar-refractivity contribution in [3.05, 3.63) is 29.6 Å². The Morgan fingerprint density at radius 1 is 1.32 bits per heavy atom. The Morgan fingerprint density at radius 3 is 2.68 bits per heavy atom. The van der Waals surface area contributed by atoms with Gasteiger partial charge in [-0.05, 0) is 43.9 Å². The van der Waals surface area contributed by atoms with E-state index < -0.39 is 0 Å². The molecule has 2 rings (SSSR count). The van der Waals surface area contributed by atoms with Crippen LogP contribution in [-0.4, -0.2) is 19.1 Å². The third-order valence-electron chi connectivity index (χ3n) is 3.69. The normalized spacial score (nSPS) is 14.7.